The van der Waals surface area contributed by atoms with Gasteiger partial charge in [0.1, 0.15) is 11.5 Å². The highest BCUT2D eigenvalue weighted by Crippen LogP contribution is 2.59. The number of ether oxygens (including phenoxy) is 2. The molecule has 0 aliphatic carbocycles. The molecule has 2 aromatic carbocycles. The second kappa shape index (κ2) is 6.50. The van der Waals surface area contributed by atoms with E-state index in [0.29, 0.717) is 0 Å². The third-order valence-electron chi connectivity index (χ3n) is 3.87. The van der Waals surface area contributed by atoms with E-state index in [2.05, 4.69) is 0 Å². The number of benzene rings is 2. The zero-order valence-electron chi connectivity index (χ0n) is 13.2. The minimum atomic E-state index is -5.70. The summed E-state index contributed by atoms with van der Waals surface area (Å²) in [5.74, 6) is -1.05. The number of para-hydroxylation sites is 2. The summed E-state index contributed by atoms with van der Waals surface area (Å²) in [4.78, 5) is 0. The molecule has 2 nitrogen and oxygen atoms in total. The smallest absolute Gasteiger partial charge is 0.411 e. The average molecular weight is 364 g/mol. The second-order valence-corrected chi connectivity index (χ2v) is 5.15. The van der Waals surface area contributed by atoms with Gasteiger partial charge in [-0.1, -0.05) is 36.4 Å². The molecule has 2 rings (SSSR count). The molecule has 0 amide bonds. The molecule has 2 aromatic rings. The molecular formula is C17H14F6O2. The third kappa shape index (κ3) is 2.89. The van der Waals surface area contributed by atoms with Crippen molar-refractivity contribution in [2.75, 3.05) is 14.2 Å². The molecule has 0 aromatic heterocycles. The highest BCUT2D eigenvalue weighted by atomic mass is 19.4. The van der Waals surface area contributed by atoms with Crippen LogP contribution in [0.25, 0.3) is 0 Å². The number of alkyl halides is 6. The van der Waals surface area contributed by atoms with Crippen LogP contribution >= 0.6 is 0 Å². The minimum Gasteiger partial charge on any atom is -0.496 e. The second-order valence-electron chi connectivity index (χ2n) is 5.15. The predicted molar refractivity (Wildman–Crippen MR) is 78.9 cm³/mol. The largest absolute Gasteiger partial charge is 0.496 e. The van der Waals surface area contributed by atoms with Crippen molar-refractivity contribution in [3.63, 3.8) is 0 Å². The van der Waals surface area contributed by atoms with Crippen LogP contribution in [-0.2, 0) is 5.41 Å². The first kappa shape index (κ1) is 19.0. The molecule has 0 aliphatic heterocycles. The molecule has 0 atom stereocenters. The van der Waals surface area contributed by atoms with E-state index in [1.165, 1.54) is 12.1 Å². The molecule has 0 heterocycles. The van der Waals surface area contributed by atoms with Crippen molar-refractivity contribution in [3.8, 4) is 11.5 Å². The van der Waals surface area contributed by atoms with E-state index < -0.39 is 40.4 Å². The van der Waals surface area contributed by atoms with Crippen molar-refractivity contribution < 1.29 is 35.8 Å². The van der Waals surface area contributed by atoms with Crippen molar-refractivity contribution in [1.29, 1.82) is 0 Å². The topological polar surface area (TPSA) is 18.5 Å². The lowest BCUT2D eigenvalue weighted by Crippen LogP contribution is -2.55. The molecule has 0 aliphatic rings. The molecule has 25 heavy (non-hydrogen) atoms. The summed E-state index contributed by atoms with van der Waals surface area (Å²) in [7, 11) is 2.02. The fraction of sp³-hybridized carbons (Fsp3) is 0.294. The summed E-state index contributed by atoms with van der Waals surface area (Å²) in [5.41, 5.74) is -6.41. The SMILES string of the molecule is COc1ccccc1C(c1ccccc1OC)(C(F)(F)F)C(F)(F)F. The highest BCUT2D eigenvalue weighted by Gasteiger charge is 2.74. The number of hydrogen-bond acceptors (Lipinski definition) is 2. The Kier molecular flexibility index (Phi) is 4.92. The van der Waals surface area contributed by atoms with Gasteiger partial charge >= 0.3 is 12.4 Å². The first-order valence-electron chi connectivity index (χ1n) is 7.01. The van der Waals surface area contributed by atoms with Gasteiger partial charge in [-0.3, -0.25) is 0 Å². The number of methoxy groups -OCH3 is 2. The van der Waals surface area contributed by atoms with Crippen molar-refractivity contribution in [2.24, 2.45) is 0 Å². The Balaban J connectivity index is 3.04. The minimum absolute atomic E-state index is 0.525. The van der Waals surface area contributed by atoms with Crippen LogP contribution in [0.15, 0.2) is 48.5 Å². The third-order valence-corrected chi connectivity index (χ3v) is 3.87. The fourth-order valence-corrected chi connectivity index (χ4v) is 2.83. The van der Waals surface area contributed by atoms with Gasteiger partial charge in [0.2, 0.25) is 5.41 Å². The zero-order chi connectivity index (χ0) is 18.9. The van der Waals surface area contributed by atoms with Crippen LogP contribution in [0.3, 0.4) is 0 Å². The van der Waals surface area contributed by atoms with Gasteiger partial charge < -0.3 is 9.47 Å². The number of rotatable bonds is 4. The van der Waals surface area contributed by atoms with Gasteiger partial charge in [-0.15, -0.1) is 0 Å². The van der Waals surface area contributed by atoms with E-state index in [-0.39, 0.29) is 0 Å². The molecule has 0 N–H and O–H groups in total. The van der Waals surface area contributed by atoms with Crippen LogP contribution in [0, 0.1) is 0 Å². The summed E-state index contributed by atoms with van der Waals surface area (Å²) in [6.45, 7) is 0. The Labute approximate surface area is 140 Å². The van der Waals surface area contributed by atoms with Crippen molar-refractivity contribution in [1.82, 2.24) is 0 Å². The summed E-state index contributed by atoms with van der Waals surface area (Å²) < 4.78 is 93.9. The molecule has 0 unspecified atom stereocenters. The Morgan fingerprint density at radius 3 is 1.20 bits per heavy atom. The Morgan fingerprint density at radius 2 is 0.920 bits per heavy atom. The van der Waals surface area contributed by atoms with Gasteiger partial charge in [0.25, 0.3) is 0 Å². The van der Waals surface area contributed by atoms with Crippen LogP contribution < -0.4 is 9.47 Å². The van der Waals surface area contributed by atoms with Crippen LogP contribution in [0.1, 0.15) is 11.1 Å². The summed E-state index contributed by atoms with van der Waals surface area (Å²) in [5, 5.41) is 0. The molecule has 0 saturated carbocycles. The number of hydrogen-bond donors (Lipinski definition) is 0. The first-order chi connectivity index (χ1) is 11.6. The van der Waals surface area contributed by atoms with Crippen molar-refractivity contribution >= 4 is 0 Å². The van der Waals surface area contributed by atoms with E-state index in [0.717, 1.165) is 50.6 Å². The van der Waals surface area contributed by atoms with E-state index in [9.17, 15) is 26.3 Å². The lowest BCUT2D eigenvalue weighted by atomic mass is 9.72. The molecule has 0 bridgehead atoms. The van der Waals surface area contributed by atoms with Crippen molar-refractivity contribution in [2.45, 2.75) is 17.8 Å². The first-order valence-corrected chi connectivity index (χ1v) is 7.01. The fourth-order valence-electron chi connectivity index (χ4n) is 2.83. The molecular weight excluding hydrogens is 350 g/mol. The number of halogens is 6. The molecule has 136 valence electrons. The maximum absolute atomic E-state index is 14.0. The maximum atomic E-state index is 14.0. The Hall–Kier alpha value is -2.38. The highest BCUT2D eigenvalue weighted by molar-refractivity contribution is 5.55. The average Bonchev–Trinajstić information content (AvgIpc) is 2.53. The molecule has 0 fully saturated rings. The van der Waals surface area contributed by atoms with Gasteiger partial charge in [-0.25, -0.2) is 0 Å². The zero-order valence-corrected chi connectivity index (χ0v) is 13.2. The molecule has 8 heteroatoms. The summed E-state index contributed by atoms with van der Waals surface area (Å²) >= 11 is 0. The van der Waals surface area contributed by atoms with Gasteiger partial charge in [0, 0.05) is 11.1 Å². The van der Waals surface area contributed by atoms with Gasteiger partial charge in [0.15, 0.2) is 0 Å². The van der Waals surface area contributed by atoms with Crippen molar-refractivity contribution in [3.05, 3.63) is 59.7 Å². The predicted octanol–water partition coefficient (Wildman–Crippen LogP) is 5.11. The van der Waals surface area contributed by atoms with Gasteiger partial charge in [0.05, 0.1) is 14.2 Å². The molecule has 0 saturated heterocycles. The Bertz CT molecular complexity index is 673. The molecule has 0 spiro atoms. The molecule has 0 radical (unpaired) electrons. The standard InChI is InChI=1S/C17H14F6O2/c1-24-13-9-5-3-7-11(13)15(16(18,19)20,17(21,22)23)12-8-4-6-10-14(12)25-2/h3-10H,1-2H3. The van der Waals surface area contributed by atoms with E-state index >= 15 is 0 Å². The van der Waals surface area contributed by atoms with E-state index in [1.54, 1.807) is 0 Å². The van der Waals surface area contributed by atoms with Crippen LogP contribution in [0.5, 0.6) is 11.5 Å². The van der Waals surface area contributed by atoms with Crippen LogP contribution in [0.2, 0.25) is 0 Å². The lowest BCUT2D eigenvalue weighted by Gasteiger charge is -2.39. The quantitative estimate of drug-likeness (QED) is 0.702. The van der Waals surface area contributed by atoms with E-state index in [1.807, 2.05) is 0 Å². The van der Waals surface area contributed by atoms with Gasteiger partial charge in [-0.05, 0) is 12.1 Å². The van der Waals surface area contributed by atoms with Crippen LogP contribution in [0.4, 0.5) is 26.3 Å². The maximum Gasteiger partial charge on any atom is 0.411 e. The van der Waals surface area contributed by atoms with Crippen LogP contribution in [-0.4, -0.2) is 26.6 Å². The van der Waals surface area contributed by atoms with Gasteiger partial charge in [-0.2, -0.15) is 26.3 Å². The lowest BCUT2D eigenvalue weighted by molar-refractivity contribution is -0.289. The Morgan fingerprint density at radius 1 is 0.600 bits per heavy atom. The summed E-state index contributed by atoms with van der Waals surface area (Å²) in [6.07, 6.45) is -11.4. The van der Waals surface area contributed by atoms with E-state index in [4.69, 9.17) is 9.47 Å². The summed E-state index contributed by atoms with van der Waals surface area (Å²) in [6, 6.07) is 8.40. The monoisotopic (exact) mass is 364 g/mol. The normalized spacial score (nSPS) is 12.8.